The first kappa shape index (κ1) is 20.1. The van der Waals surface area contributed by atoms with E-state index in [0.717, 1.165) is 10.8 Å². The Morgan fingerprint density at radius 1 is 1.19 bits per heavy atom. The topological polar surface area (TPSA) is 99.9 Å². The summed E-state index contributed by atoms with van der Waals surface area (Å²) in [5.74, 6) is -0.624. The molecule has 1 N–H and O–H groups in total. The van der Waals surface area contributed by atoms with Crippen molar-refractivity contribution < 1.29 is 28.5 Å². The molecule has 1 aromatic heterocycles. The highest BCUT2D eigenvalue weighted by molar-refractivity contribution is 7.08. The van der Waals surface area contributed by atoms with Crippen LogP contribution in [0.5, 0.6) is 0 Å². The molecule has 0 spiro atoms. The quantitative estimate of drug-likeness (QED) is 0.468. The SMILES string of the molecule is CCOOC(=O)Nc1cnc(C(=O)OC)cscc2ccccc2coc1. The Morgan fingerprint density at radius 3 is 2.70 bits per heavy atom. The van der Waals surface area contributed by atoms with Crippen molar-refractivity contribution >= 4 is 39.9 Å². The lowest BCUT2D eigenvalue weighted by Gasteiger charge is -2.02. The molecule has 1 heterocycles. The van der Waals surface area contributed by atoms with Crippen LogP contribution in [-0.2, 0) is 14.5 Å². The highest BCUT2D eigenvalue weighted by Crippen LogP contribution is 2.13. The largest absolute Gasteiger partial charge is 0.470 e. The second-order valence-corrected chi connectivity index (χ2v) is 5.61. The number of anilines is 1. The summed E-state index contributed by atoms with van der Waals surface area (Å²) in [6.45, 7) is 1.87. The maximum atomic E-state index is 11.9. The van der Waals surface area contributed by atoms with Crippen molar-refractivity contribution in [2.75, 3.05) is 19.0 Å². The molecule has 1 aromatic carbocycles. The Labute approximate surface area is 159 Å². The van der Waals surface area contributed by atoms with Gasteiger partial charge in [-0.3, -0.25) is 10.2 Å². The molecule has 0 aliphatic heterocycles. The standard InChI is InChI=1S/C18H18N2O6S/c1-3-25-26-18(22)20-15-8-19-16(17(21)23-2)12-27-11-14-7-5-4-6-13(14)9-24-10-15/h4-12H,3H2,1-2H3,(H,20,22). The zero-order valence-corrected chi connectivity index (χ0v) is 15.5. The maximum absolute atomic E-state index is 11.9. The summed E-state index contributed by atoms with van der Waals surface area (Å²) in [6.07, 6.45) is 3.13. The van der Waals surface area contributed by atoms with Crippen molar-refractivity contribution in [3.05, 3.63) is 59.4 Å². The third-order valence-electron chi connectivity index (χ3n) is 3.00. The van der Waals surface area contributed by atoms with Crippen LogP contribution in [-0.4, -0.2) is 30.8 Å². The van der Waals surface area contributed by atoms with Gasteiger partial charge in [-0.2, -0.15) is 4.89 Å². The third-order valence-corrected chi connectivity index (χ3v) is 3.75. The minimum atomic E-state index is -0.864. The van der Waals surface area contributed by atoms with Crippen LogP contribution in [0, 0.1) is 0 Å². The maximum Gasteiger partial charge on any atom is 0.443 e. The highest BCUT2D eigenvalue weighted by Gasteiger charge is 2.06. The van der Waals surface area contributed by atoms with E-state index in [9.17, 15) is 9.59 Å². The summed E-state index contributed by atoms with van der Waals surface area (Å²) in [4.78, 5) is 36.7. The molecule has 0 aliphatic carbocycles. The number of fused-ring (bicyclic) bond motifs is 1. The number of methoxy groups -OCH3 is 1. The lowest BCUT2D eigenvalue weighted by atomic mass is 10.2. The van der Waals surface area contributed by atoms with E-state index in [0.29, 0.717) is 0 Å². The van der Waals surface area contributed by atoms with Crippen LogP contribution >= 0.6 is 11.3 Å². The fraction of sp³-hybridized carbons (Fsp3) is 0.167. The summed E-state index contributed by atoms with van der Waals surface area (Å²) in [7, 11) is 1.25. The molecule has 0 unspecified atom stereocenters. The fourth-order valence-corrected chi connectivity index (χ4v) is 2.51. The van der Waals surface area contributed by atoms with Gasteiger partial charge in [0.15, 0.2) is 5.69 Å². The summed E-state index contributed by atoms with van der Waals surface area (Å²) in [5, 5.41) is 7.47. The summed E-state index contributed by atoms with van der Waals surface area (Å²) < 4.78 is 10.1. The van der Waals surface area contributed by atoms with Crippen molar-refractivity contribution in [2.24, 2.45) is 0 Å². The van der Waals surface area contributed by atoms with Gasteiger partial charge >= 0.3 is 12.1 Å². The number of carbonyl (C=O) groups excluding carboxylic acids is 2. The summed E-state index contributed by atoms with van der Waals surface area (Å²) in [5.41, 5.74) is 0.185. The van der Waals surface area contributed by atoms with E-state index in [1.165, 1.54) is 42.5 Å². The molecule has 142 valence electrons. The number of nitrogens with zero attached hydrogens (tertiary/aromatic N) is 1. The van der Waals surface area contributed by atoms with Crippen molar-refractivity contribution in [3.8, 4) is 0 Å². The van der Waals surface area contributed by atoms with E-state index in [2.05, 4.69) is 20.1 Å². The van der Waals surface area contributed by atoms with Gasteiger partial charge in [-0.25, -0.2) is 14.6 Å². The third kappa shape index (κ3) is 6.57. The molecule has 27 heavy (non-hydrogen) atoms. The summed E-state index contributed by atoms with van der Waals surface area (Å²) >= 11 is 1.26. The number of benzene rings is 1. The molecule has 2 rings (SSSR count). The zero-order chi connectivity index (χ0) is 19.5. The number of nitrogens with one attached hydrogen (secondary N) is 1. The number of aromatic nitrogens is 1. The molecule has 0 atom stereocenters. The molecule has 0 saturated carbocycles. The van der Waals surface area contributed by atoms with E-state index in [1.807, 2.05) is 29.6 Å². The molecule has 0 fully saturated rings. The number of rotatable bonds is 4. The number of amides is 1. The molecule has 0 radical (unpaired) electrons. The van der Waals surface area contributed by atoms with Gasteiger partial charge in [0.1, 0.15) is 6.26 Å². The normalized spacial score (nSPS) is 9.70. The first-order valence-electron chi connectivity index (χ1n) is 7.83. The smallest absolute Gasteiger partial charge is 0.443 e. The van der Waals surface area contributed by atoms with Crippen molar-refractivity contribution in [3.63, 3.8) is 0 Å². The van der Waals surface area contributed by atoms with Crippen LogP contribution in [0.4, 0.5) is 10.5 Å². The van der Waals surface area contributed by atoms with E-state index in [-0.39, 0.29) is 18.0 Å². The molecule has 9 heteroatoms. The van der Waals surface area contributed by atoms with Gasteiger partial charge in [-0.15, -0.1) is 11.3 Å². The minimum Gasteiger partial charge on any atom is -0.470 e. The Morgan fingerprint density at radius 2 is 1.96 bits per heavy atom. The van der Waals surface area contributed by atoms with Crippen LogP contribution < -0.4 is 5.32 Å². The van der Waals surface area contributed by atoms with Gasteiger partial charge in [0, 0.05) is 10.8 Å². The lowest BCUT2D eigenvalue weighted by molar-refractivity contribution is -0.230. The zero-order valence-electron chi connectivity index (χ0n) is 14.7. The number of carbonyl (C=O) groups is 2. The number of hydrogen-bond acceptors (Lipinski definition) is 8. The predicted molar refractivity (Wildman–Crippen MR) is 100 cm³/mol. The van der Waals surface area contributed by atoms with E-state index in [4.69, 9.17) is 9.15 Å². The van der Waals surface area contributed by atoms with Crippen LogP contribution in [0.25, 0.3) is 10.8 Å². The van der Waals surface area contributed by atoms with Gasteiger partial charge in [0.2, 0.25) is 0 Å². The van der Waals surface area contributed by atoms with Crippen molar-refractivity contribution in [2.45, 2.75) is 6.92 Å². The Bertz CT molecular complexity index is 905. The number of hydrogen-bond donors (Lipinski definition) is 1. The first-order chi connectivity index (χ1) is 13.1. The molecular weight excluding hydrogens is 372 g/mol. The average Bonchev–Trinajstić information content (AvgIpc) is 2.67. The Kier molecular flexibility index (Phi) is 8.01. The first-order valence-corrected chi connectivity index (χ1v) is 8.78. The Hall–Kier alpha value is -3.17. The monoisotopic (exact) mass is 390 g/mol. The molecule has 8 nitrogen and oxygen atoms in total. The van der Waals surface area contributed by atoms with Crippen LogP contribution in [0.15, 0.2) is 58.2 Å². The van der Waals surface area contributed by atoms with Gasteiger partial charge in [0.25, 0.3) is 0 Å². The molecule has 2 aromatic rings. The van der Waals surface area contributed by atoms with Gasteiger partial charge < -0.3 is 9.15 Å². The predicted octanol–water partition coefficient (Wildman–Crippen LogP) is 4.42. The number of ether oxygens (including phenoxy) is 1. The number of esters is 1. The molecule has 0 bridgehead atoms. The lowest BCUT2D eigenvalue weighted by Crippen LogP contribution is -2.13. The van der Waals surface area contributed by atoms with E-state index >= 15 is 0 Å². The molecule has 1 amide bonds. The second-order valence-electron chi connectivity index (χ2n) is 4.87. The van der Waals surface area contributed by atoms with Gasteiger partial charge in [-0.1, -0.05) is 24.3 Å². The molecular formula is C18H18N2O6S. The van der Waals surface area contributed by atoms with Gasteiger partial charge in [-0.05, 0) is 17.7 Å². The summed E-state index contributed by atoms with van der Waals surface area (Å²) in [6, 6.07) is 7.50. The van der Waals surface area contributed by atoms with Crippen molar-refractivity contribution in [1.29, 1.82) is 0 Å². The molecule has 0 aliphatic rings. The van der Waals surface area contributed by atoms with E-state index < -0.39 is 12.1 Å². The van der Waals surface area contributed by atoms with Crippen molar-refractivity contribution in [1.82, 2.24) is 4.98 Å². The Balaban J connectivity index is 2.57. The average molecular weight is 390 g/mol. The van der Waals surface area contributed by atoms with Crippen LogP contribution in [0.2, 0.25) is 0 Å². The highest BCUT2D eigenvalue weighted by atomic mass is 32.1. The van der Waals surface area contributed by atoms with E-state index in [1.54, 1.807) is 6.92 Å². The van der Waals surface area contributed by atoms with Crippen LogP contribution in [0.3, 0.4) is 0 Å². The second kappa shape index (κ2) is 10.7. The van der Waals surface area contributed by atoms with Gasteiger partial charge in [0.05, 0.1) is 31.9 Å². The van der Waals surface area contributed by atoms with Crippen LogP contribution in [0.1, 0.15) is 17.4 Å². The fourth-order valence-electron chi connectivity index (χ4n) is 1.80. The minimum absolute atomic E-state index is 0.0478. The molecule has 0 saturated heterocycles.